The molecule has 1 aromatic rings. The van der Waals surface area contributed by atoms with Gasteiger partial charge in [0.2, 0.25) is 0 Å². The third-order valence-electron chi connectivity index (χ3n) is 3.20. The second-order valence-corrected chi connectivity index (χ2v) is 5.74. The number of carbonyl (C=O) groups excluding carboxylic acids is 1. The third-order valence-corrected chi connectivity index (χ3v) is 3.86. The summed E-state index contributed by atoms with van der Waals surface area (Å²) in [5, 5.41) is 2.77. The molecule has 22 heavy (non-hydrogen) atoms. The molecule has 0 spiro atoms. The Morgan fingerprint density at radius 3 is 2.68 bits per heavy atom. The second-order valence-electron chi connectivity index (χ2n) is 4.89. The molecule has 0 unspecified atom stereocenters. The molecule has 1 fully saturated rings. The lowest BCUT2D eigenvalue weighted by Gasteiger charge is -2.23. The molecule has 0 atom stereocenters. The first-order valence-corrected chi connectivity index (χ1v) is 7.52. The number of hydrogen-bond acceptors (Lipinski definition) is 3. The summed E-state index contributed by atoms with van der Waals surface area (Å²) in [7, 11) is 0. The number of rotatable bonds is 4. The molecule has 1 aliphatic heterocycles. The van der Waals surface area contributed by atoms with E-state index >= 15 is 0 Å². The van der Waals surface area contributed by atoms with Gasteiger partial charge < -0.3 is 14.8 Å². The van der Waals surface area contributed by atoms with E-state index in [0.717, 1.165) is 25.0 Å². The first-order valence-electron chi connectivity index (χ1n) is 6.73. The van der Waals surface area contributed by atoms with E-state index in [2.05, 4.69) is 21.2 Å². The number of nitrogens with one attached hydrogen (secondary N) is 1. The highest BCUT2D eigenvalue weighted by molar-refractivity contribution is 9.10. The first kappa shape index (κ1) is 17.1. The average molecular weight is 382 g/mol. The number of amides is 1. The maximum Gasteiger partial charge on any atom is 0.416 e. The highest BCUT2D eigenvalue weighted by atomic mass is 79.9. The van der Waals surface area contributed by atoms with Gasteiger partial charge in [0, 0.05) is 19.3 Å². The van der Waals surface area contributed by atoms with Gasteiger partial charge in [0.15, 0.2) is 6.61 Å². The molecule has 0 radical (unpaired) electrons. The van der Waals surface area contributed by atoms with Crippen LogP contribution in [-0.2, 0) is 15.7 Å². The summed E-state index contributed by atoms with van der Waals surface area (Å²) in [5.41, 5.74) is -0.824. The Morgan fingerprint density at radius 2 is 2.05 bits per heavy atom. The van der Waals surface area contributed by atoms with Crippen molar-refractivity contribution in [2.45, 2.75) is 25.1 Å². The number of ether oxygens (including phenoxy) is 2. The molecule has 1 saturated heterocycles. The van der Waals surface area contributed by atoms with Gasteiger partial charge in [0.05, 0.1) is 10.0 Å². The van der Waals surface area contributed by atoms with Gasteiger partial charge in [-0.05, 0) is 47.0 Å². The quantitative estimate of drug-likeness (QED) is 0.871. The smallest absolute Gasteiger partial charge is 0.416 e. The summed E-state index contributed by atoms with van der Waals surface area (Å²) in [4.78, 5) is 11.8. The van der Waals surface area contributed by atoms with Crippen LogP contribution in [0.25, 0.3) is 0 Å². The van der Waals surface area contributed by atoms with E-state index < -0.39 is 11.7 Å². The van der Waals surface area contributed by atoms with Crippen molar-refractivity contribution in [3.05, 3.63) is 28.2 Å². The van der Waals surface area contributed by atoms with Crippen LogP contribution in [0.4, 0.5) is 13.2 Å². The lowest BCUT2D eigenvalue weighted by molar-refractivity contribution is -0.137. The van der Waals surface area contributed by atoms with Crippen molar-refractivity contribution in [1.29, 1.82) is 0 Å². The van der Waals surface area contributed by atoms with Crippen LogP contribution in [0.15, 0.2) is 22.7 Å². The number of carbonyl (C=O) groups is 1. The Bertz CT molecular complexity index is 531. The van der Waals surface area contributed by atoms with Crippen molar-refractivity contribution in [3.63, 3.8) is 0 Å². The molecule has 4 nitrogen and oxygen atoms in total. The molecule has 0 aliphatic carbocycles. The van der Waals surface area contributed by atoms with Crippen LogP contribution in [0.3, 0.4) is 0 Å². The van der Waals surface area contributed by atoms with Crippen molar-refractivity contribution in [1.82, 2.24) is 5.32 Å². The van der Waals surface area contributed by atoms with Crippen LogP contribution >= 0.6 is 15.9 Å². The van der Waals surface area contributed by atoms with Crippen LogP contribution < -0.4 is 10.1 Å². The molecule has 0 bridgehead atoms. The predicted molar refractivity (Wildman–Crippen MR) is 76.6 cm³/mol. The molecule has 1 amide bonds. The fourth-order valence-corrected chi connectivity index (χ4v) is 2.41. The highest BCUT2D eigenvalue weighted by Gasteiger charge is 2.31. The summed E-state index contributed by atoms with van der Waals surface area (Å²) >= 11 is 3.11. The van der Waals surface area contributed by atoms with E-state index in [1.165, 1.54) is 6.07 Å². The zero-order valence-electron chi connectivity index (χ0n) is 11.6. The zero-order valence-corrected chi connectivity index (χ0v) is 13.2. The Kier molecular flexibility index (Phi) is 5.69. The van der Waals surface area contributed by atoms with Gasteiger partial charge in [0.1, 0.15) is 5.75 Å². The van der Waals surface area contributed by atoms with E-state index in [9.17, 15) is 18.0 Å². The summed E-state index contributed by atoms with van der Waals surface area (Å²) < 4.78 is 48.7. The summed E-state index contributed by atoms with van der Waals surface area (Å²) in [6, 6.07) is 3.08. The molecule has 1 aromatic carbocycles. The molecule has 1 aliphatic rings. The number of hydrogen-bond donors (Lipinski definition) is 1. The van der Waals surface area contributed by atoms with Crippen LogP contribution in [0, 0.1) is 0 Å². The van der Waals surface area contributed by atoms with Crippen molar-refractivity contribution >= 4 is 21.8 Å². The predicted octanol–water partition coefficient (Wildman–Crippen LogP) is 3.14. The number of alkyl halides is 3. The van der Waals surface area contributed by atoms with Crippen molar-refractivity contribution in [3.8, 4) is 5.75 Å². The van der Waals surface area contributed by atoms with Gasteiger partial charge >= 0.3 is 6.18 Å². The Hall–Kier alpha value is -1.28. The standard InChI is InChI=1S/C14H15BrF3NO3/c15-11-2-1-9(14(16,17)18)7-12(11)22-8-13(20)19-10-3-5-21-6-4-10/h1-2,7,10H,3-6,8H2,(H,19,20). The lowest BCUT2D eigenvalue weighted by atomic mass is 10.1. The van der Waals surface area contributed by atoms with Crippen LogP contribution in [0.2, 0.25) is 0 Å². The largest absolute Gasteiger partial charge is 0.483 e. The van der Waals surface area contributed by atoms with Crippen LogP contribution in [0.1, 0.15) is 18.4 Å². The van der Waals surface area contributed by atoms with E-state index in [4.69, 9.17) is 9.47 Å². The first-order chi connectivity index (χ1) is 10.4. The van der Waals surface area contributed by atoms with Gasteiger partial charge in [-0.3, -0.25) is 4.79 Å². The molecule has 1 heterocycles. The van der Waals surface area contributed by atoms with Gasteiger partial charge in [-0.15, -0.1) is 0 Å². The Labute approximate surface area is 134 Å². The fraction of sp³-hybridized carbons (Fsp3) is 0.500. The third kappa shape index (κ3) is 4.88. The topological polar surface area (TPSA) is 47.6 Å². The van der Waals surface area contributed by atoms with Gasteiger partial charge in [-0.25, -0.2) is 0 Å². The van der Waals surface area contributed by atoms with E-state index in [1.54, 1.807) is 0 Å². The maximum atomic E-state index is 12.6. The van der Waals surface area contributed by atoms with Gasteiger partial charge in [-0.2, -0.15) is 13.2 Å². The van der Waals surface area contributed by atoms with Gasteiger partial charge in [0.25, 0.3) is 5.91 Å². The number of halogens is 4. The molecule has 0 aromatic heterocycles. The molecule has 2 rings (SSSR count). The minimum Gasteiger partial charge on any atom is -0.483 e. The Morgan fingerprint density at radius 1 is 1.36 bits per heavy atom. The van der Waals surface area contributed by atoms with Crippen LogP contribution in [-0.4, -0.2) is 31.8 Å². The molecule has 1 N–H and O–H groups in total. The monoisotopic (exact) mass is 381 g/mol. The van der Waals surface area contributed by atoms with E-state index in [-0.39, 0.29) is 24.3 Å². The molecular weight excluding hydrogens is 367 g/mol. The normalized spacial score (nSPS) is 16.4. The Balaban J connectivity index is 1.91. The van der Waals surface area contributed by atoms with Crippen molar-refractivity contribution in [2.75, 3.05) is 19.8 Å². The highest BCUT2D eigenvalue weighted by Crippen LogP contribution is 2.35. The zero-order chi connectivity index (χ0) is 16.2. The summed E-state index contributed by atoms with van der Waals surface area (Å²) in [6.45, 7) is 0.841. The second kappa shape index (κ2) is 7.32. The summed E-state index contributed by atoms with van der Waals surface area (Å²) in [6.07, 6.45) is -3.01. The van der Waals surface area contributed by atoms with Crippen LogP contribution in [0.5, 0.6) is 5.75 Å². The minimum absolute atomic E-state index is 0.0167. The molecule has 8 heteroatoms. The maximum absolute atomic E-state index is 12.6. The minimum atomic E-state index is -4.46. The van der Waals surface area contributed by atoms with Crippen molar-refractivity contribution in [2.24, 2.45) is 0 Å². The lowest BCUT2D eigenvalue weighted by Crippen LogP contribution is -2.41. The molecule has 122 valence electrons. The van der Waals surface area contributed by atoms with E-state index in [0.29, 0.717) is 17.7 Å². The van der Waals surface area contributed by atoms with Crippen molar-refractivity contribution < 1.29 is 27.4 Å². The van der Waals surface area contributed by atoms with Gasteiger partial charge in [-0.1, -0.05) is 0 Å². The molecule has 0 saturated carbocycles. The number of benzene rings is 1. The SMILES string of the molecule is O=C(COc1cc(C(F)(F)F)ccc1Br)NC1CCOCC1. The average Bonchev–Trinajstić information content (AvgIpc) is 2.46. The fourth-order valence-electron chi connectivity index (χ4n) is 2.04. The van der Waals surface area contributed by atoms with E-state index in [1.807, 2.05) is 0 Å². The summed E-state index contributed by atoms with van der Waals surface area (Å²) in [5.74, 6) is -0.381. The molecular formula is C14H15BrF3NO3.